The van der Waals surface area contributed by atoms with Crippen molar-refractivity contribution in [3.05, 3.63) is 11.6 Å². The van der Waals surface area contributed by atoms with Gasteiger partial charge in [0.1, 0.15) is 6.10 Å². The molecule has 4 amide bonds. The second-order valence-corrected chi connectivity index (χ2v) is 16.3. The Labute approximate surface area is 250 Å². The number of hydrogen-bond acceptors (Lipinski definition) is 5. The minimum Gasteiger partial charge on any atom is -0.462 e. The highest BCUT2D eigenvalue weighted by Crippen LogP contribution is 2.74. The van der Waals surface area contributed by atoms with E-state index < -0.39 is 17.6 Å². The van der Waals surface area contributed by atoms with Crippen LogP contribution >= 0.6 is 0 Å². The second-order valence-electron chi connectivity index (χ2n) is 16.3. The van der Waals surface area contributed by atoms with Crippen molar-refractivity contribution in [1.29, 1.82) is 0 Å². The molecule has 5 rings (SSSR count). The minimum atomic E-state index is -0.824. The first-order valence-electron chi connectivity index (χ1n) is 15.9. The van der Waals surface area contributed by atoms with Crippen LogP contribution in [0, 0.1) is 44.8 Å². The molecular weight excluding hydrogens is 532 g/mol. The third-order valence-corrected chi connectivity index (χ3v) is 13.5. The summed E-state index contributed by atoms with van der Waals surface area (Å²) >= 11 is 0. The van der Waals surface area contributed by atoms with Crippen molar-refractivity contribution in [1.82, 2.24) is 16.2 Å². The third-order valence-electron chi connectivity index (χ3n) is 13.5. The first-order valence-corrected chi connectivity index (χ1v) is 15.9. The van der Waals surface area contributed by atoms with E-state index >= 15 is 0 Å². The molecule has 0 saturated heterocycles. The summed E-state index contributed by atoms with van der Waals surface area (Å²) in [5.41, 5.74) is 9.74. The van der Waals surface area contributed by atoms with Gasteiger partial charge in [-0.05, 0) is 104 Å². The van der Waals surface area contributed by atoms with Crippen LogP contribution in [0.4, 0.5) is 9.59 Å². The van der Waals surface area contributed by atoms with Gasteiger partial charge in [0, 0.05) is 23.8 Å². The monoisotopic (exact) mass is 584 g/mol. The van der Waals surface area contributed by atoms with Gasteiger partial charge in [-0.1, -0.05) is 47.1 Å². The molecule has 0 spiro atoms. The average Bonchev–Trinajstić information content (AvgIpc) is 2.86. The molecule has 234 valence electrons. The lowest BCUT2D eigenvalue weighted by molar-refractivity contribution is -0.210. The molecule has 0 aliphatic heterocycles. The van der Waals surface area contributed by atoms with Gasteiger partial charge in [-0.25, -0.2) is 20.4 Å². The molecule has 9 atom stereocenters. The van der Waals surface area contributed by atoms with E-state index in [0.29, 0.717) is 0 Å². The lowest BCUT2D eigenvalue weighted by Gasteiger charge is -2.70. The van der Waals surface area contributed by atoms with Gasteiger partial charge in [-0.15, -0.1) is 0 Å². The fraction of sp³-hybridized carbons (Fsp3) is 0.818. The van der Waals surface area contributed by atoms with Crippen LogP contribution in [0.25, 0.3) is 0 Å². The number of ether oxygens (including phenoxy) is 1. The fourth-order valence-corrected chi connectivity index (χ4v) is 11.1. The fourth-order valence-electron chi connectivity index (χ4n) is 11.1. The number of nitrogens with two attached hydrogens (primary N) is 1. The Morgan fingerprint density at radius 1 is 0.905 bits per heavy atom. The number of fused-ring (bicyclic) bond motifs is 7. The van der Waals surface area contributed by atoms with Crippen molar-refractivity contribution in [2.75, 3.05) is 0 Å². The first-order chi connectivity index (χ1) is 19.3. The molecule has 9 nitrogen and oxygen atoms in total. The number of allylic oxidation sites excluding steroid dienone is 2. The molecule has 5 aliphatic carbocycles. The normalized spacial score (nSPS) is 45.5. The summed E-state index contributed by atoms with van der Waals surface area (Å²) < 4.78 is 5.84. The second kappa shape index (κ2) is 9.71. The van der Waals surface area contributed by atoms with Gasteiger partial charge in [-0.2, -0.15) is 0 Å². The van der Waals surface area contributed by atoms with Crippen LogP contribution in [0.3, 0.4) is 0 Å². The van der Waals surface area contributed by atoms with Gasteiger partial charge < -0.3 is 15.8 Å². The Morgan fingerprint density at radius 3 is 2.21 bits per heavy atom. The van der Waals surface area contributed by atoms with Crippen LogP contribution in [0.2, 0.25) is 0 Å². The topological polar surface area (TPSA) is 140 Å². The number of esters is 1. The number of nitrogens with one attached hydrogen (secondary N) is 3. The highest BCUT2D eigenvalue weighted by Gasteiger charge is 2.70. The smallest absolute Gasteiger partial charge is 0.333 e. The van der Waals surface area contributed by atoms with Gasteiger partial charge >= 0.3 is 18.0 Å². The zero-order valence-electron chi connectivity index (χ0n) is 26.9. The molecular formula is C33H52N4O5. The number of rotatable bonds is 2. The Bertz CT molecular complexity index is 1230. The number of primary amides is 1. The number of amides is 4. The summed E-state index contributed by atoms with van der Waals surface area (Å²) in [6.45, 7) is 17.5. The molecule has 0 aromatic carbocycles. The minimum absolute atomic E-state index is 0.0587. The van der Waals surface area contributed by atoms with E-state index in [9.17, 15) is 19.2 Å². The molecule has 0 bridgehead atoms. The van der Waals surface area contributed by atoms with Crippen molar-refractivity contribution in [2.45, 2.75) is 125 Å². The Kier molecular flexibility index (Phi) is 7.14. The van der Waals surface area contributed by atoms with Gasteiger partial charge in [-0.3, -0.25) is 9.59 Å². The van der Waals surface area contributed by atoms with Crippen LogP contribution < -0.4 is 21.9 Å². The summed E-state index contributed by atoms with van der Waals surface area (Å²) in [6.07, 6.45) is 10.2. The number of hydrogen-bond donors (Lipinski definition) is 4. The van der Waals surface area contributed by atoms with Gasteiger partial charge in [0.2, 0.25) is 0 Å². The van der Waals surface area contributed by atoms with Crippen molar-refractivity contribution in [3.8, 4) is 0 Å². The largest absolute Gasteiger partial charge is 0.462 e. The molecule has 4 saturated carbocycles. The average molecular weight is 585 g/mol. The number of hydrazine groups is 1. The lowest BCUT2D eigenvalue weighted by atomic mass is 9.33. The van der Waals surface area contributed by atoms with E-state index in [0.717, 1.165) is 57.8 Å². The predicted octanol–water partition coefficient (Wildman–Crippen LogP) is 5.53. The van der Waals surface area contributed by atoms with Crippen molar-refractivity contribution in [2.24, 2.45) is 50.6 Å². The maximum Gasteiger partial charge on any atom is 0.333 e. The SMILES string of the molecule is CC(=O)O[C@H]1CC[C@]2(C)[C@H]3C(=O)C=C4[C@@H]5C[C@@](C)(NC(=O)NNC(N)=O)CC[C@]5(C)CC[C@@]4(C)[C@]3(C)CC[C@H]2C1(C)C. The molecule has 0 aromatic rings. The quantitative estimate of drug-likeness (QED) is 0.249. The van der Waals surface area contributed by atoms with Gasteiger partial charge in [0.15, 0.2) is 5.78 Å². The Balaban J connectivity index is 1.49. The highest BCUT2D eigenvalue weighted by molar-refractivity contribution is 5.95. The zero-order chi connectivity index (χ0) is 31.1. The standard InChI is InChI=1S/C33H52N4O5/c1-19(38)42-24-10-11-31(6)23(28(24,2)3)9-12-33(8)25(31)22(39)17-20-21-18-30(5,35-27(41)37-36-26(34)40)15-13-29(21,4)14-16-32(20,33)7/h17,21,23-25H,9-16,18H2,1-8H3,(H3,34,36,40)(H2,35,37,41)/t21-,23-,24-,25+,29+,30-,31-,32+,33+/m0/s1. The number of urea groups is 2. The van der Waals surface area contributed by atoms with Crippen molar-refractivity contribution >= 4 is 23.8 Å². The number of ketones is 1. The van der Waals surface area contributed by atoms with Gasteiger partial charge in [0.25, 0.3) is 0 Å². The molecule has 4 fully saturated rings. The van der Waals surface area contributed by atoms with Gasteiger partial charge in [0.05, 0.1) is 0 Å². The molecule has 5 aliphatic rings. The molecule has 0 heterocycles. The summed E-state index contributed by atoms with van der Waals surface area (Å²) in [5, 5.41) is 3.09. The van der Waals surface area contributed by atoms with E-state index in [2.05, 4.69) is 64.6 Å². The van der Waals surface area contributed by atoms with Crippen molar-refractivity contribution in [3.63, 3.8) is 0 Å². The highest BCUT2D eigenvalue weighted by atomic mass is 16.5. The summed E-state index contributed by atoms with van der Waals surface area (Å²) in [7, 11) is 0. The number of carbonyl (C=O) groups excluding carboxylic acids is 4. The van der Waals surface area contributed by atoms with E-state index in [1.54, 1.807) is 0 Å². The molecule has 5 N–H and O–H groups in total. The van der Waals surface area contributed by atoms with Crippen LogP contribution in [-0.2, 0) is 14.3 Å². The molecule has 0 radical (unpaired) electrons. The van der Waals surface area contributed by atoms with Crippen LogP contribution in [0.1, 0.15) is 113 Å². The lowest BCUT2D eigenvalue weighted by Crippen LogP contribution is -2.67. The Morgan fingerprint density at radius 2 is 1.57 bits per heavy atom. The maximum atomic E-state index is 14.5. The summed E-state index contributed by atoms with van der Waals surface area (Å²) in [4.78, 5) is 50.2. The maximum absolute atomic E-state index is 14.5. The van der Waals surface area contributed by atoms with Crippen molar-refractivity contribution < 1.29 is 23.9 Å². The predicted molar refractivity (Wildman–Crippen MR) is 160 cm³/mol. The molecule has 0 aromatic heterocycles. The van der Waals surface area contributed by atoms with E-state index in [1.807, 2.05) is 6.08 Å². The van der Waals surface area contributed by atoms with Crippen LogP contribution in [0.5, 0.6) is 0 Å². The molecule has 42 heavy (non-hydrogen) atoms. The van der Waals surface area contributed by atoms with E-state index in [1.165, 1.54) is 12.5 Å². The zero-order valence-corrected chi connectivity index (χ0v) is 26.9. The molecule has 0 unspecified atom stereocenters. The first kappa shape index (κ1) is 30.9. The Hall–Kier alpha value is -2.58. The van der Waals surface area contributed by atoms with E-state index in [4.69, 9.17) is 10.5 Å². The number of carbonyl (C=O) groups is 4. The molecule has 9 heteroatoms. The summed E-state index contributed by atoms with van der Waals surface area (Å²) in [6, 6.07) is -1.31. The van der Waals surface area contributed by atoms with Crippen LogP contribution in [-0.4, -0.2) is 35.5 Å². The van der Waals surface area contributed by atoms with E-state index in [-0.39, 0.29) is 62.7 Å². The summed E-state index contributed by atoms with van der Waals surface area (Å²) in [5.74, 6) is 0.395. The third kappa shape index (κ3) is 4.47. The van der Waals surface area contributed by atoms with Crippen LogP contribution in [0.15, 0.2) is 11.6 Å².